The van der Waals surface area contributed by atoms with Crippen molar-refractivity contribution in [3.05, 3.63) is 59.2 Å². The number of carbonyl (C=O) groups is 1. The molecule has 3 rings (SSSR count). The second-order valence-electron chi connectivity index (χ2n) is 7.43. The number of hydrogen-bond acceptors (Lipinski definition) is 7. The molecule has 0 atom stereocenters. The zero-order valence-electron chi connectivity index (χ0n) is 18.6. The van der Waals surface area contributed by atoms with Crippen LogP contribution in [-0.4, -0.2) is 34.3 Å². The van der Waals surface area contributed by atoms with Gasteiger partial charge in [-0.15, -0.1) is 12.4 Å². The van der Waals surface area contributed by atoms with Gasteiger partial charge in [0.1, 0.15) is 17.3 Å². The fourth-order valence-corrected chi connectivity index (χ4v) is 3.53. The van der Waals surface area contributed by atoms with Crippen LogP contribution in [0.15, 0.2) is 48.5 Å². The van der Waals surface area contributed by atoms with Gasteiger partial charge in [-0.1, -0.05) is 29.8 Å². The number of carboxylic acid groups (broad SMARTS) is 1. The zero-order valence-corrected chi connectivity index (χ0v) is 20.1. The molecule has 1 heterocycles. The van der Waals surface area contributed by atoms with E-state index in [1.807, 2.05) is 36.4 Å². The molecule has 34 heavy (non-hydrogen) atoms. The molecule has 182 valence electrons. The van der Waals surface area contributed by atoms with Crippen molar-refractivity contribution in [2.45, 2.75) is 32.1 Å². The average molecular weight is 507 g/mol. The average Bonchev–Trinajstić information content (AvgIpc) is 2.76. The van der Waals surface area contributed by atoms with E-state index >= 15 is 0 Å². The van der Waals surface area contributed by atoms with Gasteiger partial charge >= 0.3 is 5.97 Å². The van der Waals surface area contributed by atoms with Crippen LogP contribution in [0.1, 0.15) is 31.4 Å². The normalized spacial score (nSPS) is 10.4. The van der Waals surface area contributed by atoms with Crippen molar-refractivity contribution in [3.63, 3.8) is 0 Å². The predicted octanol–water partition coefficient (Wildman–Crippen LogP) is 5.03. The monoisotopic (exact) mass is 506 g/mol. The molecule has 0 aliphatic heterocycles. The summed E-state index contributed by atoms with van der Waals surface area (Å²) in [6, 6.07) is 14.7. The smallest absolute Gasteiger partial charge is 0.303 e. The van der Waals surface area contributed by atoms with E-state index in [1.165, 1.54) is 0 Å². The standard InChI is InChI=1S/C24H27ClN4O4.ClH/c25-17-7-3-6-16(14-17)22-20(28-24(27)29-23(22)26)10-1-2-12-32-18-8-4-9-19(15-18)33-13-5-11-21(30)31;/h3-4,6-9,14-15H,1-2,5,10-13H2,(H,30,31)(H4,26,27,28,29);1H. The van der Waals surface area contributed by atoms with Gasteiger partial charge in [-0.3, -0.25) is 4.79 Å². The Bertz CT molecular complexity index is 1100. The molecule has 3 aromatic rings. The number of carboxylic acids is 1. The van der Waals surface area contributed by atoms with Gasteiger partial charge in [-0.05, 0) is 55.5 Å². The first kappa shape index (κ1) is 27.0. The lowest BCUT2D eigenvalue weighted by Gasteiger charge is -2.13. The molecule has 0 saturated carbocycles. The van der Waals surface area contributed by atoms with Crippen LogP contribution in [0.25, 0.3) is 11.1 Å². The van der Waals surface area contributed by atoms with Crippen LogP contribution in [-0.2, 0) is 11.2 Å². The Morgan fingerprint density at radius 1 is 0.941 bits per heavy atom. The number of ether oxygens (including phenoxy) is 2. The summed E-state index contributed by atoms with van der Waals surface area (Å²) >= 11 is 6.14. The number of unbranched alkanes of at least 4 members (excludes halogenated alkanes) is 1. The largest absolute Gasteiger partial charge is 0.493 e. The number of aliphatic carboxylic acids is 1. The maximum absolute atomic E-state index is 10.6. The minimum Gasteiger partial charge on any atom is -0.493 e. The summed E-state index contributed by atoms with van der Waals surface area (Å²) in [7, 11) is 0. The zero-order chi connectivity index (χ0) is 23.6. The molecule has 0 saturated heterocycles. The molecule has 10 heteroatoms. The van der Waals surface area contributed by atoms with Crippen molar-refractivity contribution >= 4 is 41.7 Å². The molecule has 8 nitrogen and oxygen atoms in total. The van der Waals surface area contributed by atoms with Crippen LogP contribution in [0.3, 0.4) is 0 Å². The highest BCUT2D eigenvalue weighted by Gasteiger charge is 2.14. The topological polar surface area (TPSA) is 134 Å². The van der Waals surface area contributed by atoms with E-state index in [0.29, 0.717) is 48.4 Å². The summed E-state index contributed by atoms with van der Waals surface area (Å²) in [6.45, 7) is 0.862. The SMILES string of the molecule is Cl.Nc1nc(N)c(-c2cccc(Cl)c2)c(CCCCOc2cccc(OCCCC(=O)O)c2)n1. The number of aryl methyl sites for hydroxylation is 1. The molecule has 5 N–H and O–H groups in total. The van der Waals surface area contributed by atoms with Crippen molar-refractivity contribution in [1.82, 2.24) is 9.97 Å². The molecule has 2 aromatic carbocycles. The van der Waals surface area contributed by atoms with E-state index in [-0.39, 0.29) is 24.8 Å². The molecule has 0 fully saturated rings. The van der Waals surface area contributed by atoms with Crippen LogP contribution in [0.2, 0.25) is 5.02 Å². The van der Waals surface area contributed by atoms with E-state index in [9.17, 15) is 4.79 Å². The summed E-state index contributed by atoms with van der Waals surface area (Å²) in [5, 5.41) is 9.29. The van der Waals surface area contributed by atoms with Gasteiger partial charge in [0.25, 0.3) is 0 Å². The maximum atomic E-state index is 10.6. The molecular formula is C24H28Cl2N4O4. The quantitative estimate of drug-likeness (QED) is 0.291. The predicted molar refractivity (Wildman–Crippen MR) is 136 cm³/mol. The van der Waals surface area contributed by atoms with Gasteiger partial charge in [0.15, 0.2) is 0 Å². The molecule has 0 bridgehead atoms. The molecule has 0 aliphatic rings. The lowest BCUT2D eigenvalue weighted by atomic mass is 10.0. The maximum Gasteiger partial charge on any atom is 0.303 e. The molecule has 1 aromatic heterocycles. The van der Waals surface area contributed by atoms with Gasteiger partial charge in [-0.25, -0.2) is 4.98 Å². The van der Waals surface area contributed by atoms with Gasteiger partial charge in [0.2, 0.25) is 5.95 Å². The molecule has 0 amide bonds. The van der Waals surface area contributed by atoms with E-state index in [0.717, 1.165) is 29.7 Å². The van der Waals surface area contributed by atoms with Gasteiger partial charge in [0, 0.05) is 23.1 Å². The Morgan fingerprint density at radius 2 is 1.62 bits per heavy atom. The summed E-state index contributed by atoms with van der Waals surface area (Å²) in [5.41, 5.74) is 14.3. The fraction of sp³-hybridized carbons (Fsp3) is 0.292. The van der Waals surface area contributed by atoms with Crippen molar-refractivity contribution in [2.75, 3.05) is 24.7 Å². The van der Waals surface area contributed by atoms with Gasteiger partial charge < -0.3 is 26.0 Å². The summed E-state index contributed by atoms with van der Waals surface area (Å²) in [4.78, 5) is 19.1. The Hall–Kier alpha value is -3.23. The number of nitrogens with two attached hydrogens (primary N) is 2. The third-order valence-corrected chi connectivity index (χ3v) is 5.06. The van der Waals surface area contributed by atoms with Crippen molar-refractivity contribution in [3.8, 4) is 22.6 Å². The molecule has 0 spiro atoms. The first-order chi connectivity index (χ1) is 15.9. The highest BCUT2D eigenvalue weighted by molar-refractivity contribution is 6.30. The number of halogens is 2. The second kappa shape index (κ2) is 13.5. The van der Waals surface area contributed by atoms with Crippen LogP contribution in [0.4, 0.5) is 11.8 Å². The number of hydrogen-bond donors (Lipinski definition) is 3. The van der Waals surface area contributed by atoms with Gasteiger partial charge in [-0.2, -0.15) is 4.98 Å². The number of nitrogen functional groups attached to an aromatic ring is 2. The second-order valence-corrected chi connectivity index (χ2v) is 7.86. The Morgan fingerprint density at radius 3 is 2.29 bits per heavy atom. The van der Waals surface area contributed by atoms with Crippen molar-refractivity contribution < 1.29 is 19.4 Å². The van der Waals surface area contributed by atoms with E-state index in [2.05, 4.69) is 9.97 Å². The van der Waals surface area contributed by atoms with Crippen LogP contribution >= 0.6 is 24.0 Å². The van der Waals surface area contributed by atoms with Crippen LogP contribution in [0, 0.1) is 0 Å². The Kier molecular flexibility index (Phi) is 10.7. The first-order valence-corrected chi connectivity index (χ1v) is 11.1. The molecule has 0 aliphatic carbocycles. The molecular weight excluding hydrogens is 479 g/mol. The van der Waals surface area contributed by atoms with Crippen molar-refractivity contribution in [1.29, 1.82) is 0 Å². The number of anilines is 2. The lowest BCUT2D eigenvalue weighted by Crippen LogP contribution is -2.07. The van der Waals surface area contributed by atoms with Crippen molar-refractivity contribution in [2.24, 2.45) is 0 Å². The molecule has 0 radical (unpaired) electrons. The fourth-order valence-electron chi connectivity index (χ4n) is 3.34. The van der Waals surface area contributed by atoms with Gasteiger partial charge in [0.05, 0.1) is 18.9 Å². The Balaban J connectivity index is 0.00000408. The first-order valence-electron chi connectivity index (χ1n) is 10.7. The summed E-state index contributed by atoms with van der Waals surface area (Å²) in [5.74, 6) is 0.987. The summed E-state index contributed by atoms with van der Waals surface area (Å²) in [6.07, 6.45) is 2.81. The number of aromatic nitrogens is 2. The third-order valence-electron chi connectivity index (χ3n) is 4.83. The Labute approximate surface area is 209 Å². The lowest BCUT2D eigenvalue weighted by molar-refractivity contribution is -0.137. The van der Waals surface area contributed by atoms with Crippen LogP contribution < -0.4 is 20.9 Å². The highest BCUT2D eigenvalue weighted by atomic mass is 35.5. The van der Waals surface area contributed by atoms with E-state index in [4.69, 9.17) is 37.6 Å². The van der Waals surface area contributed by atoms with E-state index < -0.39 is 5.97 Å². The third kappa shape index (κ3) is 8.28. The number of nitrogens with zero attached hydrogens (tertiary/aromatic N) is 2. The summed E-state index contributed by atoms with van der Waals surface area (Å²) < 4.78 is 11.4. The molecule has 0 unspecified atom stereocenters. The number of rotatable bonds is 12. The van der Waals surface area contributed by atoms with Crippen LogP contribution in [0.5, 0.6) is 11.5 Å². The minimum absolute atomic E-state index is 0. The highest BCUT2D eigenvalue weighted by Crippen LogP contribution is 2.31. The number of benzene rings is 2. The minimum atomic E-state index is -0.831. The van der Waals surface area contributed by atoms with E-state index in [1.54, 1.807) is 12.1 Å².